The van der Waals surface area contributed by atoms with Gasteiger partial charge in [-0.2, -0.15) is 22.7 Å². The van der Waals surface area contributed by atoms with Gasteiger partial charge >= 0.3 is 0 Å². The van der Waals surface area contributed by atoms with E-state index in [1.165, 1.54) is 144 Å². The van der Waals surface area contributed by atoms with E-state index in [1.807, 2.05) is 0 Å². The molecule has 0 aromatic heterocycles. The Morgan fingerprint density at radius 2 is 0.635 bits per heavy atom. The molecule has 0 unspecified atom stereocenters. The minimum Gasteiger partial charge on any atom is -0.324 e. The average molecular weight is 692 g/mol. The van der Waals surface area contributed by atoms with E-state index in [1.54, 1.807) is 0 Å². The lowest BCUT2D eigenvalue weighted by Crippen LogP contribution is -2.67. The molecule has 6 rings (SSSR count). The Balaban J connectivity index is 0.000000262. The molecule has 6 aromatic carbocycles. The Kier molecular flexibility index (Phi) is 15.0. The summed E-state index contributed by atoms with van der Waals surface area (Å²) in [6, 6.07) is 47.7. The van der Waals surface area contributed by atoms with Gasteiger partial charge in [0.1, 0.15) is 0 Å². The maximum atomic E-state index is 2.45. The van der Waals surface area contributed by atoms with Gasteiger partial charge in [-0.25, -0.2) is 0 Å². The first-order chi connectivity index (χ1) is 25.5. The van der Waals surface area contributed by atoms with E-state index in [4.69, 9.17) is 0 Å². The smallest absolute Gasteiger partial charge is 0.0815 e. The van der Waals surface area contributed by atoms with Crippen molar-refractivity contribution in [2.75, 3.05) is 26.2 Å². The van der Waals surface area contributed by atoms with Crippen molar-refractivity contribution in [3.05, 3.63) is 127 Å². The predicted molar refractivity (Wildman–Crippen MR) is 236 cm³/mol. The SMILES string of the molecule is CCCC[B-](c1ccc2ccccc2c1)(c1ccc2ccccc2c1)c1ccc2ccccc2c1.CCCC[N+](CCCC)(CCCC)CCCC. The summed E-state index contributed by atoms with van der Waals surface area (Å²) >= 11 is 0. The van der Waals surface area contributed by atoms with Gasteiger partial charge in [0.05, 0.1) is 32.3 Å². The molecular formula is C50H66BN. The summed E-state index contributed by atoms with van der Waals surface area (Å²) < 4.78 is 1.42. The molecule has 2 heteroatoms. The highest BCUT2D eigenvalue weighted by atomic mass is 15.3. The minimum atomic E-state index is -1.16. The van der Waals surface area contributed by atoms with Crippen LogP contribution in [0.1, 0.15) is 98.8 Å². The number of hydrogen-bond donors (Lipinski definition) is 0. The lowest BCUT2D eigenvalue weighted by molar-refractivity contribution is -0.929. The zero-order valence-electron chi connectivity index (χ0n) is 33.3. The van der Waals surface area contributed by atoms with Crippen molar-refractivity contribution in [2.45, 2.75) is 105 Å². The van der Waals surface area contributed by atoms with Gasteiger partial charge in [0.25, 0.3) is 0 Å². The molecule has 0 saturated heterocycles. The number of nitrogens with zero attached hydrogens (tertiary/aromatic N) is 1. The van der Waals surface area contributed by atoms with E-state index in [0.717, 1.165) is 6.32 Å². The summed E-state index contributed by atoms with van der Waals surface area (Å²) in [5, 5.41) is 7.84. The number of rotatable bonds is 18. The van der Waals surface area contributed by atoms with Crippen LogP contribution < -0.4 is 16.4 Å². The molecule has 52 heavy (non-hydrogen) atoms. The van der Waals surface area contributed by atoms with Gasteiger partial charge in [-0.05, 0) is 58.0 Å². The van der Waals surface area contributed by atoms with E-state index in [2.05, 4.69) is 162 Å². The Bertz CT molecular complexity index is 1730. The van der Waals surface area contributed by atoms with Crippen LogP contribution in [0.15, 0.2) is 127 Å². The fourth-order valence-corrected chi connectivity index (χ4v) is 8.78. The fourth-order valence-electron chi connectivity index (χ4n) is 8.78. The summed E-state index contributed by atoms with van der Waals surface area (Å²) in [4.78, 5) is 0. The molecule has 0 radical (unpaired) electrons. The zero-order chi connectivity index (χ0) is 36.7. The molecule has 0 aliphatic carbocycles. The Morgan fingerprint density at radius 1 is 0.346 bits per heavy atom. The summed E-state index contributed by atoms with van der Waals surface area (Å²) in [6.07, 6.45) is 13.4. The van der Waals surface area contributed by atoms with Gasteiger partial charge in [-0.3, -0.25) is 0 Å². The second kappa shape index (κ2) is 19.8. The zero-order valence-corrected chi connectivity index (χ0v) is 33.3. The van der Waals surface area contributed by atoms with E-state index < -0.39 is 6.15 Å². The third-order valence-corrected chi connectivity index (χ3v) is 12.0. The summed E-state index contributed by atoms with van der Waals surface area (Å²) in [7, 11) is 0. The first kappa shape index (κ1) is 39.3. The molecular weight excluding hydrogens is 625 g/mol. The summed E-state index contributed by atoms with van der Waals surface area (Å²) in [5.41, 5.74) is 4.30. The van der Waals surface area contributed by atoms with Crippen molar-refractivity contribution in [1.82, 2.24) is 0 Å². The second-order valence-corrected chi connectivity index (χ2v) is 15.7. The highest BCUT2D eigenvalue weighted by molar-refractivity contribution is 7.11. The van der Waals surface area contributed by atoms with Crippen molar-refractivity contribution in [3.63, 3.8) is 0 Å². The van der Waals surface area contributed by atoms with Gasteiger partial charge < -0.3 is 4.48 Å². The van der Waals surface area contributed by atoms with Crippen molar-refractivity contribution in [2.24, 2.45) is 0 Å². The van der Waals surface area contributed by atoms with E-state index in [0.29, 0.717) is 0 Å². The van der Waals surface area contributed by atoms with Crippen LogP contribution in [0.2, 0.25) is 6.32 Å². The van der Waals surface area contributed by atoms with Gasteiger partial charge in [-0.1, -0.05) is 201 Å². The molecule has 0 heterocycles. The molecule has 0 bridgehead atoms. The number of hydrogen-bond acceptors (Lipinski definition) is 0. The monoisotopic (exact) mass is 692 g/mol. The number of quaternary nitrogens is 1. The Labute approximate surface area is 317 Å². The first-order valence-corrected chi connectivity index (χ1v) is 21.0. The van der Waals surface area contributed by atoms with Crippen LogP contribution in [-0.4, -0.2) is 36.8 Å². The van der Waals surface area contributed by atoms with Gasteiger partial charge in [0.15, 0.2) is 0 Å². The van der Waals surface area contributed by atoms with Gasteiger partial charge in [-0.15, -0.1) is 0 Å². The van der Waals surface area contributed by atoms with Crippen LogP contribution >= 0.6 is 0 Å². The molecule has 0 aliphatic rings. The number of benzene rings is 6. The van der Waals surface area contributed by atoms with Crippen molar-refractivity contribution >= 4 is 54.9 Å². The van der Waals surface area contributed by atoms with Crippen molar-refractivity contribution in [3.8, 4) is 0 Å². The highest BCUT2D eigenvalue weighted by Gasteiger charge is 2.30. The largest absolute Gasteiger partial charge is 0.324 e. The van der Waals surface area contributed by atoms with Crippen molar-refractivity contribution < 1.29 is 4.48 Å². The van der Waals surface area contributed by atoms with Crippen LogP contribution in [0, 0.1) is 0 Å². The summed E-state index contributed by atoms with van der Waals surface area (Å²) in [6.45, 7) is 17.3. The standard InChI is InChI=1S/C34H30B.C16H36N/c1-2-3-22-35(32-19-16-26-10-4-7-13-29(26)23-32,33-20-17-27-11-5-8-14-30(27)24-33)34-21-18-28-12-6-9-15-31(28)25-34;1-5-9-13-17(14-10-6-2,15-11-7-3)16-12-8-4/h4-21,23-25H,2-3,22H2,1H3;5-16H2,1-4H3/q-1;+1. The Hall–Kier alpha value is -3.88. The molecule has 274 valence electrons. The van der Waals surface area contributed by atoms with Crippen LogP contribution in [0.5, 0.6) is 0 Å². The highest BCUT2D eigenvalue weighted by Crippen LogP contribution is 2.24. The quantitative estimate of drug-likeness (QED) is 0.0622. The molecule has 1 nitrogen and oxygen atoms in total. The third kappa shape index (κ3) is 9.56. The number of unbranched alkanes of at least 4 members (excludes halogenated alkanes) is 5. The van der Waals surface area contributed by atoms with Gasteiger partial charge in [0, 0.05) is 0 Å². The maximum absolute atomic E-state index is 2.45. The average Bonchev–Trinajstić information content (AvgIpc) is 3.20. The van der Waals surface area contributed by atoms with Crippen molar-refractivity contribution in [1.29, 1.82) is 0 Å². The molecule has 0 atom stereocenters. The van der Waals surface area contributed by atoms with Crippen LogP contribution in [0.25, 0.3) is 32.3 Å². The summed E-state index contributed by atoms with van der Waals surface area (Å²) in [5.74, 6) is 0. The molecule has 0 saturated carbocycles. The minimum absolute atomic E-state index is 1.13. The molecule has 0 aliphatic heterocycles. The van der Waals surface area contributed by atoms with Crippen LogP contribution in [-0.2, 0) is 0 Å². The topological polar surface area (TPSA) is 0 Å². The van der Waals surface area contributed by atoms with E-state index in [9.17, 15) is 0 Å². The van der Waals surface area contributed by atoms with Crippen LogP contribution in [0.3, 0.4) is 0 Å². The Morgan fingerprint density at radius 3 is 0.923 bits per heavy atom. The van der Waals surface area contributed by atoms with E-state index >= 15 is 0 Å². The predicted octanol–water partition coefficient (Wildman–Crippen LogP) is 12.4. The third-order valence-electron chi connectivity index (χ3n) is 12.0. The first-order valence-electron chi connectivity index (χ1n) is 21.0. The normalized spacial score (nSPS) is 11.9. The molecule has 0 amide bonds. The van der Waals surface area contributed by atoms with E-state index in [-0.39, 0.29) is 0 Å². The maximum Gasteiger partial charge on any atom is 0.0815 e. The lowest BCUT2D eigenvalue weighted by Gasteiger charge is -2.44. The van der Waals surface area contributed by atoms with Crippen LogP contribution in [0.4, 0.5) is 0 Å². The van der Waals surface area contributed by atoms with Gasteiger partial charge in [0.2, 0.25) is 0 Å². The molecule has 0 spiro atoms. The lowest BCUT2D eigenvalue weighted by atomic mass is 9.14. The second-order valence-electron chi connectivity index (χ2n) is 15.7. The number of fused-ring (bicyclic) bond motifs is 3. The molecule has 6 aromatic rings. The molecule has 0 fully saturated rings. The fraction of sp³-hybridized carbons (Fsp3) is 0.400. The molecule has 0 N–H and O–H groups in total.